The summed E-state index contributed by atoms with van der Waals surface area (Å²) in [7, 11) is 0. The largest absolute Gasteiger partial charge is 0.466 e. The molecule has 2 rings (SSSR count). The Labute approximate surface area is 199 Å². The normalized spacial score (nSPS) is 16.6. The van der Waals surface area contributed by atoms with Crippen LogP contribution in [0.25, 0.3) is 0 Å². The number of alkyl carbamates (subject to hydrolysis) is 1. The van der Waals surface area contributed by atoms with Gasteiger partial charge in [-0.05, 0) is 45.6 Å². The Kier molecular flexibility index (Phi) is 10.7. The summed E-state index contributed by atoms with van der Waals surface area (Å²) in [5, 5.41) is 12.9. The molecular formula is C25H36F3NO5. The van der Waals surface area contributed by atoms with Crippen LogP contribution in [0.1, 0.15) is 90.2 Å². The van der Waals surface area contributed by atoms with E-state index < -0.39 is 59.2 Å². The Morgan fingerprint density at radius 2 is 1.71 bits per heavy atom. The summed E-state index contributed by atoms with van der Waals surface area (Å²) in [5.74, 6) is -3.99. The van der Waals surface area contributed by atoms with E-state index in [0.717, 1.165) is 18.8 Å². The molecule has 1 aliphatic rings. The fraction of sp³-hybridized carbons (Fsp3) is 0.680. The molecule has 1 aromatic rings. The molecule has 0 heterocycles. The van der Waals surface area contributed by atoms with Gasteiger partial charge in [0, 0.05) is 11.6 Å². The van der Waals surface area contributed by atoms with Gasteiger partial charge in [0.25, 0.3) is 0 Å². The Morgan fingerprint density at radius 3 is 2.35 bits per heavy atom. The fourth-order valence-corrected chi connectivity index (χ4v) is 4.12. The molecule has 0 bridgehead atoms. The van der Waals surface area contributed by atoms with Gasteiger partial charge < -0.3 is 19.9 Å². The van der Waals surface area contributed by atoms with E-state index in [1.54, 1.807) is 20.8 Å². The SMILES string of the molecule is CC(C)(C)OC(=O)N[C@@H](CC(=O)OCCCCC1CCCCC1)C(O)c1cc(F)c(F)cc1F. The van der Waals surface area contributed by atoms with Crippen molar-refractivity contribution in [2.45, 2.75) is 96.3 Å². The number of rotatable bonds is 10. The van der Waals surface area contributed by atoms with E-state index in [2.05, 4.69) is 5.32 Å². The predicted octanol–water partition coefficient (Wildman–Crippen LogP) is 5.71. The number of benzene rings is 1. The summed E-state index contributed by atoms with van der Waals surface area (Å²) in [5.41, 5.74) is -1.47. The standard InChI is InChI=1S/C25H36F3NO5/c1-25(2,3)34-24(32)29-21(23(31)17-13-19(27)20(28)14-18(17)26)15-22(30)33-12-8-7-11-16-9-5-4-6-10-16/h13-14,16,21,23,31H,4-12,15H2,1-3H3,(H,29,32)/t21-,23?/m0/s1. The first-order chi connectivity index (χ1) is 16.0. The van der Waals surface area contributed by atoms with Crippen molar-refractivity contribution in [1.29, 1.82) is 0 Å². The summed E-state index contributed by atoms with van der Waals surface area (Å²) >= 11 is 0. The lowest BCUT2D eigenvalue weighted by Crippen LogP contribution is -2.44. The topological polar surface area (TPSA) is 84.9 Å². The second-order valence-corrected chi connectivity index (χ2v) is 9.91. The van der Waals surface area contributed by atoms with Crippen LogP contribution in [0.4, 0.5) is 18.0 Å². The highest BCUT2D eigenvalue weighted by Crippen LogP contribution is 2.28. The summed E-state index contributed by atoms with van der Waals surface area (Å²) in [6.07, 6.45) is 5.72. The number of amides is 1. The average molecular weight is 488 g/mol. The molecule has 0 aromatic heterocycles. The van der Waals surface area contributed by atoms with Crippen LogP contribution in [0.2, 0.25) is 0 Å². The van der Waals surface area contributed by atoms with Gasteiger partial charge in [-0.25, -0.2) is 18.0 Å². The molecule has 192 valence electrons. The number of aliphatic hydroxyl groups excluding tert-OH is 1. The summed E-state index contributed by atoms with van der Waals surface area (Å²) < 4.78 is 51.5. The number of ether oxygens (including phenoxy) is 2. The monoisotopic (exact) mass is 487 g/mol. The van der Waals surface area contributed by atoms with Crippen molar-refractivity contribution in [2.75, 3.05) is 6.61 Å². The zero-order valence-corrected chi connectivity index (χ0v) is 20.2. The van der Waals surface area contributed by atoms with E-state index in [9.17, 15) is 27.9 Å². The third-order valence-electron chi connectivity index (χ3n) is 5.82. The van der Waals surface area contributed by atoms with Crippen molar-refractivity contribution in [3.8, 4) is 0 Å². The lowest BCUT2D eigenvalue weighted by molar-refractivity contribution is -0.145. The van der Waals surface area contributed by atoms with Gasteiger partial charge in [-0.3, -0.25) is 4.79 Å². The summed E-state index contributed by atoms with van der Waals surface area (Å²) in [4.78, 5) is 24.6. The molecule has 2 N–H and O–H groups in total. The van der Waals surface area contributed by atoms with Gasteiger partial charge in [0.05, 0.1) is 19.1 Å². The smallest absolute Gasteiger partial charge is 0.407 e. The van der Waals surface area contributed by atoms with Crippen LogP contribution in [0.3, 0.4) is 0 Å². The minimum absolute atomic E-state index is 0.181. The van der Waals surface area contributed by atoms with Gasteiger partial charge in [0.2, 0.25) is 0 Å². The maximum absolute atomic E-state index is 14.2. The van der Waals surface area contributed by atoms with Crippen molar-refractivity contribution in [3.05, 3.63) is 35.1 Å². The van der Waals surface area contributed by atoms with Gasteiger partial charge in [0.15, 0.2) is 11.6 Å². The number of hydrogen-bond acceptors (Lipinski definition) is 5. The number of esters is 1. The molecule has 1 aliphatic carbocycles. The average Bonchev–Trinajstić information content (AvgIpc) is 2.74. The van der Waals surface area contributed by atoms with Crippen molar-refractivity contribution in [3.63, 3.8) is 0 Å². The molecule has 6 nitrogen and oxygen atoms in total. The fourth-order valence-electron chi connectivity index (χ4n) is 4.12. The number of nitrogens with one attached hydrogen (secondary N) is 1. The molecule has 1 aromatic carbocycles. The number of carbonyl (C=O) groups excluding carboxylic acids is 2. The van der Waals surface area contributed by atoms with Crippen LogP contribution in [0.15, 0.2) is 12.1 Å². The van der Waals surface area contributed by atoms with E-state index in [0.29, 0.717) is 18.6 Å². The summed E-state index contributed by atoms with van der Waals surface area (Å²) in [6, 6.07) is -0.595. The highest BCUT2D eigenvalue weighted by molar-refractivity contribution is 5.73. The Hall–Kier alpha value is -2.29. The van der Waals surface area contributed by atoms with E-state index >= 15 is 0 Å². The van der Waals surface area contributed by atoms with Gasteiger partial charge in [-0.15, -0.1) is 0 Å². The van der Waals surface area contributed by atoms with Crippen molar-refractivity contribution >= 4 is 12.1 Å². The van der Waals surface area contributed by atoms with Gasteiger partial charge in [-0.2, -0.15) is 0 Å². The van der Waals surface area contributed by atoms with Crippen LogP contribution in [0.5, 0.6) is 0 Å². The predicted molar refractivity (Wildman–Crippen MR) is 120 cm³/mol. The van der Waals surface area contributed by atoms with Gasteiger partial charge in [-0.1, -0.05) is 38.5 Å². The maximum Gasteiger partial charge on any atom is 0.407 e. The van der Waals surface area contributed by atoms with E-state index in [1.165, 1.54) is 32.1 Å². The molecule has 1 fully saturated rings. The van der Waals surface area contributed by atoms with Crippen LogP contribution in [0, 0.1) is 23.4 Å². The lowest BCUT2D eigenvalue weighted by atomic mass is 9.86. The first-order valence-electron chi connectivity index (χ1n) is 11.9. The maximum atomic E-state index is 14.2. The zero-order chi connectivity index (χ0) is 25.3. The number of unbranched alkanes of at least 4 members (excludes halogenated alkanes) is 1. The third-order valence-corrected chi connectivity index (χ3v) is 5.82. The molecule has 2 atom stereocenters. The Balaban J connectivity index is 1.96. The van der Waals surface area contributed by atoms with E-state index in [-0.39, 0.29) is 6.61 Å². The number of carbonyl (C=O) groups is 2. The second-order valence-electron chi connectivity index (χ2n) is 9.91. The molecular weight excluding hydrogens is 451 g/mol. The van der Waals surface area contributed by atoms with Gasteiger partial charge >= 0.3 is 12.1 Å². The molecule has 1 amide bonds. The molecule has 0 spiro atoms. The third kappa shape index (κ3) is 9.52. The quantitative estimate of drug-likeness (QED) is 0.251. The Morgan fingerprint density at radius 1 is 1.06 bits per heavy atom. The van der Waals surface area contributed by atoms with E-state index in [4.69, 9.17) is 9.47 Å². The lowest BCUT2D eigenvalue weighted by Gasteiger charge is -2.26. The van der Waals surface area contributed by atoms with E-state index in [1.807, 2.05) is 0 Å². The molecule has 0 radical (unpaired) electrons. The molecule has 0 aliphatic heterocycles. The van der Waals surface area contributed by atoms with Crippen LogP contribution in [-0.2, 0) is 14.3 Å². The minimum Gasteiger partial charge on any atom is -0.466 e. The molecule has 0 saturated heterocycles. The molecule has 1 unspecified atom stereocenters. The molecule has 34 heavy (non-hydrogen) atoms. The van der Waals surface area contributed by atoms with Crippen LogP contribution in [-0.4, -0.2) is 35.4 Å². The van der Waals surface area contributed by atoms with Crippen molar-refractivity contribution in [1.82, 2.24) is 5.32 Å². The van der Waals surface area contributed by atoms with Crippen molar-refractivity contribution < 1.29 is 37.3 Å². The first-order valence-corrected chi connectivity index (χ1v) is 11.9. The minimum atomic E-state index is -1.85. The molecule has 9 heteroatoms. The van der Waals surface area contributed by atoms with Crippen LogP contribution >= 0.6 is 0 Å². The van der Waals surface area contributed by atoms with Gasteiger partial charge in [0.1, 0.15) is 17.5 Å². The zero-order valence-electron chi connectivity index (χ0n) is 20.2. The second kappa shape index (κ2) is 13.0. The molecule has 1 saturated carbocycles. The van der Waals surface area contributed by atoms with Crippen molar-refractivity contribution in [2.24, 2.45) is 5.92 Å². The highest BCUT2D eigenvalue weighted by atomic mass is 19.2. The number of aliphatic hydroxyl groups is 1. The number of hydrogen-bond donors (Lipinski definition) is 2. The Bertz CT molecular complexity index is 822. The van der Waals surface area contributed by atoms with Crippen LogP contribution < -0.4 is 5.32 Å². The summed E-state index contributed by atoms with van der Waals surface area (Å²) in [6.45, 7) is 5.04. The highest BCUT2D eigenvalue weighted by Gasteiger charge is 2.31. The number of halogens is 3. The first kappa shape index (κ1) is 28.0.